The first-order valence-electron chi connectivity index (χ1n) is 13.9. The van der Waals surface area contributed by atoms with E-state index in [1.807, 2.05) is 0 Å². The van der Waals surface area contributed by atoms with Crippen LogP contribution in [0.15, 0.2) is 41.4 Å². The fraction of sp³-hybridized carbons (Fsp3) is 0.345. The summed E-state index contributed by atoms with van der Waals surface area (Å²) in [6, 6.07) is 0.842. The zero-order valence-electron chi connectivity index (χ0n) is 26.6. The second-order valence-electron chi connectivity index (χ2n) is 10.4. The van der Waals surface area contributed by atoms with Gasteiger partial charge in [-0.05, 0) is 35.4 Å². The van der Waals surface area contributed by atoms with Gasteiger partial charge in [0.05, 0.1) is 16.7 Å². The molecule has 3 amide bonds. The second kappa shape index (κ2) is 17.2. The second-order valence-corrected chi connectivity index (χ2v) is 11.7. The Bertz CT molecular complexity index is 1680. The maximum Gasteiger partial charge on any atom is 0.417 e. The maximum atomic E-state index is 14.0. The summed E-state index contributed by atoms with van der Waals surface area (Å²) in [6.45, 7) is 2.15. The van der Waals surface area contributed by atoms with E-state index in [2.05, 4.69) is 33.6 Å². The van der Waals surface area contributed by atoms with E-state index in [1.54, 1.807) is 0 Å². The largest absolute Gasteiger partial charge is 0.424 e. The molecule has 50 heavy (non-hydrogen) atoms. The quantitative estimate of drug-likeness (QED) is 0.0528. The Labute approximate surface area is 290 Å². The lowest BCUT2D eigenvalue weighted by atomic mass is 9.95. The third-order valence-corrected chi connectivity index (χ3v) is 7.54. The normalized spacial score (nSPS) is 13.1. The zero-order chi connectivity index (χ0) is 38.1. The van der Waals surface area contributed by atoms with Crippen molar-refractivity contribution in [1.82, 2.24) is 20.9 Å². The van der Waals surface area contributed by atoms with Gasteiger partial charge in [-0.15, -0.1) is 0 Å². The molecule has 272 valence electrons. The summed E-state index contributed by atoms with van der Waals surface area (Å²) in [7, 11) is 2.95. The predicted octanol–water partition coefficient (Wildman–Crippen LogP) is 3.04. The lowest BCUT2D eigenvalue weighted by Crippen LogP contribution is -2.51. The summed E-state index contributed by atoms with van der Waals surface area (Å²) < 4.78 is 87.1. The lowest BCUT2D eigenvalue weighted by Gasteiger charge is -2.19. The van der Waals surface area contributed by atoms with Crippen LogP contribution in [-0.4, -0.2) is 83.3 Å². The highest BCUT2D eigenvalue weighted by Gasteiger charge is 2.38. The molecule has 2 atom stereocenters. The van der Waals surface area contributed by atoms with E-state index < -0.39 is 98.5 Å². The van der Waals surface area contributed by atoms with Gasteiger partial charge in [-0.3, -0.25) is 29.9 Å². The first kappa shape index (κ1) is 41.4. The number of carbonyl (C=O) groups is 5. The van der Waals surface area contributed by atoms with Crippen LogP contribution >= 0.6 is 24.4 Å². The van der Waals surface area contributed by atoms with Crippen LogP contribution in [0.5, 0.6) is 5.75 Å². The number of carbonyl (C=O) groups excluding carboxylic acids is 5. The number of nitrogens with two attached hydrogens (primary N) is 1. The zero-order valence-corrected chi connectivity index (χ0v) is 28.3. The molecule has 0 aromatic heterocycles. The van der Waals surface area contributed by atoms with Crippen LogP contribution in [0.25, 0.3) is 11.1 Å². The Morgan fingerprint density at radius 2 is 1.56 bits per heavy atom. The molecule has 2 unspecified atom stereocenters. The van der Waals surface area contributed by atoms with Crippen molar-refractivity contribution < 1.29 is 55.1 Å². The fourth-order valence-corrected chi connectivity index (χ4v) is 4.99. The van der Waals surface area contributed by atoms with Crippen LogP contribution in [0, 0.1) is 5.41 Å². The molecule has 0 radical (unpaired) electrons. The first-order valence-corrected chi connectivity index (χ1v) is 15.5. The molecule has 2 rings (SSSR count). The lowest BCUT2D eigenvalue weighted by molar-refractivity contribution is -0.143. The van der Waals surface area contributed by atoms with E-state index in [-0.39, 0.29) is 17.8 Å². The van der Waals surface area contributed by atoms with E-state index in [9.17, 15) is 50.3 Å². The maximum absolute atomic E-state index is 14.0. The molecular weight excluding hydrogens is 720 g/mol. The van der Waals surface area contributed by atoms with Gasteiger partial charge < -0.3 is 26.0 Å². The van der Waals surface area contributed by atoms with Crippen molar-refractivity contribution >= 4 is 65.1 Å². The number of alkyl halides is 6. The molecule has 0 heterocycles. The summed E-state index contributed by atoms with van der Waals surface area (Å²) in [6.07, 6.45) is -10.4. The topological polar surface area (TPSA) is 196 Å². The number of hydrogen-bond donors (Lipinski definition) is 6. The molecule has 0 spiro atoms. The van der Waals surface area contributed by atoms with Crippen molar-refractivity contribution in [2.75, 3.05) is 25.6 Å². The van der Waals surface area contributed by atoms with Crippen molar-refractivity contribution in [1.29, 1.82) is 5.41 Å². The summed E-state index contributed by atoms with van der Waals surface area (Å²) in [5.74, 6) is -5.64. The van der Waals surface area contributed by atoms with Crippen molar-refractivity contribution in [3.63, 3.8) is 0 Å². The Morgan fingerprint density at radius 1 is 0.960 bits per heavy atom. The van der Waals surface area contributed by atoms with Crippen LogP contribution in [0.4, 0.5) is 26.3 Å². The Hall–Kier alpha value is -4.79. The van der Waals surface area contributed by atoms with E-state index in [0.717, 1.165) is 32.0 Å². The molecule has 0 aliphatic carbocycles. The molecule has 0 saturated carbocycles. The molecule has 0 bridgehead atoms. The SMILES string of the molecule is CC(=O)NC(CSC(=O)c1cc(-c2ccc(C(F)(F)F)cc2C(F)(F)F)ccc1OC(=O)C(CS)NC(C)=O)C(=O)N/C(N)=N/C(=N)N(C)C. The van der Waals surface area contributed by atoms with Gasteiger partial charge in [-0.25, -0.2) is 4.79 Å². The van der Waals surface area contributed by atoms with Crippen molar-refractivity contribution in [3.05, 3.63) is 53.1 Å². The molecule has 13 nitrogen and oxygen atoms in total. The minimum atomic E-state index is -5.27. The average Bonchev–Trinajstić information content (AvgIpc) is 3.00. The van der Waals surface area contributed by atoms with Gasteiger partial charge in [0, 0.05) is 39.4 Å². The average molecular weight is 752 g/mol. The smallest absolute Gasteiger partial charge is 0.417 e. The van der Waals surface area contributed by atoms with Gasteiger partial charge in [-0.1, -0.05) is 23.9 Å². The number of nitrogens with zero attached hydrogens (tertiary/aromatic N) is 2. The molecule has 2 aromatic carbocycles. The number of thioether (sulfide) groups is 1. The minimum absolute atomic E-state index is 0.0874. The number of benzene rings is 2. The predicted molar refractivity (Wildman–Crippen MR) is 175 cm³/mol. The van der Waals surface area contributed by atoms with Crippen LogP contribution < -0.4 is 26.4 Å². The van der Waals surface area contributed by atoms with E-state index >= 15 is 0 Å². The number of esters is 1. The van der Waals surface area contributed by atoms with Crippen LogP contribution in [0.3, 0.4) is 0 Å². The number of ether oxygens (including phenoxy) is 1. The Morgan fingerprint density at radius 3 is 2.08 bits per heavy atom. The number of guanidine groups is 2. The number of amides is 3. The van der Waals surface area contributed by atoms with Gasteiger partial charge in [0.15, 0.2) is 0 Å². The monoisotopic (exact) mass is 751 g/mol. The van der Waals surface area contributed by atoms with Gasteiger partial charge in [-0.2, -0.15) is 44.0 Å². The number of nitrogens with one attached hydrogen (secondary N) is 4. The van der Waals surface area contributed by atoms with Gasteiger partial charge >= 0.3 is 18.3 Å². The summed E-state index contributed by atoms with van der Waals surface area (Å²) in [5, 5.41) is 13.4. The number of hydrogen-bond acceptors (Lipinski definition) is 9. The highest BCUT2D eigenvalue weighted by atomic mass is 32.2. The molecule has 21 heteroatoms. The fourth-order valence-electron chi connectivity index (χ4n) is 3.88. The number of rotatable bonds is 10. The van der Waals surface area contributed by atoms with Crippen LogP contribution in [0.1, 0.15) is 35.3 Å². The van der Waals surface area contributed by atoms with Gasteiger partial charge in [0.1, 0.15) is 17.8 Å². The summed E-state index contributed by atoms with van der Waals surface area (Å²) in [5.41, 5.74) is 0.698. The minimum Gasteiger partial charge on any atom is -0.424 e. The molecule has 6 N–H and O–H groups in total. The Balaban J connectivity index is 2.60. The number of aliphatic imine (C=N–C) groups is 1. The van der Waals surface area contributed by atoms with E-state index in [1.165, 1.54) is 19.0 Å². The number of halogens is 6. The first-order chi connectivity index (χ1) is 23.0. The summed E-state index contributed by atoms with van der Waals surface area (Å²) in [4.78, 5) is 67.5. The van der Waals surface area contributed by atoms with E-state index in [0.29, 0.717) is 23.9 Å². The third kappa shape index (κ3) is 12.0. The summed E-state index contributed by atoms with van der Waals surface area (Å²) >= 11 is 4.32. The van der Waals surface area contributed by atoms with Gasteiger partial charge in [0.2, 0.25) is 34.8 Å². The Kier molecular flexibility index (Phi) is 14.3. The molecular formula is C29H31F6N7O6S2. The molecule has 2 aromatic rings. The van der Waals surface area contributed by atoms with Crippen molar-refractivity contribution in [2.24, 2.45) is 10.7 Å². The number of thiol groups is 1. The van der Waals surface area contributed by atoms with Crippen LogP contribution in [0.2, 0.25) is 0 Å². The van der Waals surface area contributed by atoms with Crippen molar-refractivity contribution in [2.45, 2.75) is 38.3 Å². The van der Waals surface area contributed by atoms with E-state index in [4.69, 9.17) is 15.9 Å². The molecule has 0 aliphatic rings. The van der Waals surface area contributed by atoms with Gasteiger partial charge in [0.25, 0.3) is 0 Å². The highest BCUT2D eigenvalue weighted by molar-refractivity contribution is 8.14. The molecule has 0 aliphatic heterocycles. The van der Waals surface area contributed by atoms with Crippen molar-refractivity contribution in [3.8, 4) is 16.9 Å². The van der Waals surface area contributed by atoms with Crippen LogP contribution in [-0.2, 0) is 31.5 Å². The molecule has 0 fully saturated rings. The standard InChI is InChI=1S/C29H31F6N7O6S2/c1-13(43)38-20(11-49)24(46)48-22-8-5-15(17-7-6-16(28(30,31)32)10-19(17)29(33,34)35)9-18(22)25(47)50-12-21(39-14(2)44)23(45)40-26(36)41-27(37)42(3)4/h5-10,20-21,49H,11-12H2,1-4H3,(H,38,43)(H,39,44)(H4,36,37,40,41,45). The highest BCUT2D eigenvalue weighted by Crippen LogP contribution is 2.42. The third-order valence-electron chi connectivity index (χ3n) is 6.19. The molecule has 0 saturated heterocycles.